The second-order valence-electron chi connectivity index (χ2n) is 9.27. The smallest absolute Gasteiger partial charge is 0.00877 e. The third-order valence-electron chi connectivity index (χ3n) is 7.62. The van der Waals surface area contributed by atoms with Gasteiger partial charge in [0.05, 0.1) is 0 Å². The molecule has 152 valence electrons. The van der Waals surface area contributed by atoms with Gasteiger partial charge in [-0.25, -0.2) is 0 Å². The van der Waals surface area contributed by atoms with E-state index in [1.54, 1.807) is 11.1 Å². The van der Waals surface area contributed by atoms with Gasteiger partial charge in [-0.1, -0.05) is 67.1 Å². The second kappa shape index (κ2) is 8.74. The Morgan fingerprint density at radius 2 is 1.69 bits per heavy atom. The van der Waals surface area contributed by atoms with Crippen LogP contribution in [0.1, 0.15) is 73.6 Å². The first-order valence-electron chi connectivity index (χ1n) is 11.6. The van der Waals surface area contributed by atoms with E-state index in [9.17, 15) is 0 Å². The molecule has 0 aromatic heterocycles. The van der Waals surface area contributed by atoms with E-state index in [-0.39, 0.29) is 0 Å². The summed E-state index contributed by atoms with van der Waals surface area (Å²) in [6.07, 6.45) is 15.4. The highest BCUT2D eigenvalue weighted by molar-refractivity contribution is 5.72. The first-order valence-corrected chi connectivity index (χ1v) is 11.6. The van der Waals surface area contributed by atoms with Gasteiger partial charge in [0.15, 0.2) is 0 Å². The molecule has 2 aromatic rings. The number of aryl methyl sites for hydroxylation is 1. The minimum absolute atomic E-state index is 0.635. The van der Waals surface area contributed by atoms with Crippen LogP contribution >= 0.6 is 0 Å². The predicted molar refractivity (Wildman–Crippen MR) is 126 cm³/mol. The summed E-state index contributed by atoms with van der Waals surface area (Å²) in [5.74, 6) is 1.94. The van der Waals surface area contributed by atoms with Crippen LogP contribution in [-0.2, 0) is 0 Å². The van der Waals surface area contributed by atoms with Crippen molar-refractivity contribution in [2.24, 2.45) is 11.8 Å². The Morgan fingerprint density at radius 3 is 2.45 bits per heavy atom. The molecule has 0 bridgehead atoms. The van der Waals surface area contributed by atoms with Crippen molar-refractivity contribution in [1.29, 1.82) is 0 Å². The molecule has 2 aliphatic rings. The van der Waals surface area contributed by atoms with E-state index in [1.165, 1.54) is 66.3 Å². The zero-order valence-electron chi connectivity index (χ0n) is 18.7. The zero-order chi connectivity index (χ0) is 20.4. The van der Waals surface area contributed by atoms with Crippen molar-refractivity contribution < 1.29 is 0 Å². The first kappa shape index (κ1) is 20.2. The van der Waals surface area contributed by atoms with Crippen LogP contribution in [-0.4, -0.2) is 0 Å². The van der Waals surface area contributed by atoms with Crippen LogP contribution < -0.4 is 0 Å². The van der Waals surface area contributed by atoms with Gasteiger partial charge in [-0.15, -0.1) is 0 Å². The van der Waals surface area contributed by atoms with Crippen molar-refractivity contribution in [1.82, 2.24) is 0 Å². The number of benzene rings is 2. The van der Waals surface area contributed by atoms with Gasteiger partial charge in [-0.3, -0.25) is 0 Å². The summed E-state index contributed by atoms with van der Waals surface area (Å²) in [4.78, 5) is 0. The van der Waals surface area contributed by atoms with Gasteiger partial charge >= 0.3 is 0 Å². The highest BCUT2D eigenvalue weighted by Crippen LogP contribution is 2.44. The quantitative estimate of drug-likeness (QED) is 0.464. The normalized spacial score (nSPS) is 23.0. The molecule has 2 aliphatic carbocycles. The topological polar surface area (TPSA) is 0 Å². The SMILES string of the molecule is Cc1ccccc1-c1ccc(C2CCC=CC2[C@@H](C)C2=CCCCC2)c(C)c1C. The van der Waals surface area contributed by atoms with Gasteiger partial charge in [0, 0.05) is 0 Å². The van der Waals surface area contributed by atoms with Gasteiger partial charge in [0.25, 0.3) is 0 Å². The molecule has 0 saturated heterocycles. The van der Waals surface area contributed by atoms with Crippen LogP contribution in [0.5, 0.6) is 0 Å². The number of hydrogen-bond donors (Lipinski definition) is 0. The fourth-order valence-corrected chi connectivity index (χ4v) is 5.67. The molecule has 0 heteroatoms. The summed E-state index contributed by atoms with van der Waals surface area (Å²) in [5, 5.41) is 0. The lowest BCUT2D eigenvalue weighted by Crippen LogP contribution is -2.24. The van der Waals surface area contributed by atoms with E-state index in [1.807, 2.05) is 0 Å². The van der Waals surface area contributed by atoms with Gasteiger partial charge in [0.2, 0.25) is 0 Å². The highest BCUT2D eigenvalue weighted by atomic mass is 14.4. The zero-order valence-corrected chi connectivity index (χ0v) is 18.7. The number of rotatable bonds is 4. The third kappa shape index (κ3) is 4.00. The van der Waals surface area contributed by atoms with Crippen molar-refractivity contribution in [3.05, 3.63) is 82.5 Å². The highest BCUT2D eigenvalue weighted by Gasteiger charge is 2.31. The van der Waals surface area contributed by atoms with E-state index in [0.717, 1.165) is 0 Å². The Kier molecular flexibility index (Phi) is 6.09. The molecule has 0 aliphatic heterocycles. The molecule has 29 heavy (non-hydrogen) atoms. The molecule has 0 saturated carbocycles. The fraction of sp³-hybridized carbons (Fsp3) is 0.448. The molecule has 4 rings (SSSR count). The predicted octanol–water partition coefficient (Wildman–Crippen LogP) is 8.47. The molecular formula is C29H36. The first-order chi connectivity index (χ1) is 14.1. The van der Waals surface area contributed by atoms with E-state index in [2.05, 4.69) is 82.3 Å². The Morgan fingerprint density at radius 1 is 0.862 bits per heavy atom. The van der Waals surface area contributed by atoms with Crippen LogP contribution in [0.2, 0.25) is 0 Å². The summed E-state index contributed by atoms with van der Waals surface area (Å²) in [5.41, 5.74) is 10.4. The average molecular weight is 385 g/mol. The summed E-state index contributed by atoms with van der Waals surface area (Å²) in [7, 11) is 0. The molecule has 0 spiro atoms. The molecule has 3 atom stereocenters. The summed E-state index contributed by atoms with van der Waals surface area (Å²) in [6, 6.07) is 13.6. The summed E-state index contributed by atoms with van der Waals surface area (Å²) in [6.45, 7) is 9.38. The molecule has 0 radical (unpaired) electrons. The molecule has 2 unspecified atom stereocenters. The van der Waals surface area contributed by atoms with E-state index in [4.69, 9.17) is 0 Å². The molecule has 0 fully saturated rings. The van der Waals surface area contributed by atoms with Crippen molar-refractivity contribution in [2.45, 2.75) is 72.1 Å². The van der Waals surface area contributed by atoms with Gasteiger partial charge in [0.1, 0.15) is 0 Å². The van der Waals surface area contributed by atoms with Gasteiger partial charge < -0.3 is 0 Å². The van der Waals surface area contributed by atoms with Crippen molar-refractivity contribution in [3.8, 4) is 11.1 Å². The lowest BCUT2D eigenvalue weighted by atomic mass is 9.69. The minimum atomic E-state index is 0.635. The maximum Gasteiger partial charge on any atom is -0.00877 e. The average Bonchev–Trinajstić information content (AvgIpc) is 2.76. The Balaban J connectivity index is 1.69. The van der Waals surface area contributed by atoms with Gasteiger partial charge in [-0.05, 0) is 110 Å². The Bertz CT molecular complexity index is 927. The summed E-state index contributed by atoms with van der Waals surface area (Å²) < 4.78 is 0. The standard InChI is InChI=1S/C29H36/c1-20-12-8-9-15-25(20)27-18-19-28(22(3)21(27)2)29-17-11-10-16-26(29)23(4)24-13-6-5-7-14-24/h8-10,12-13,15-16,18-19,23,26,29H,5-7,11,14,17H2,1-4H3/t23-,26?,29?/m0/s1. The fourth-order valence-electron chi connectivity index (χ4n) is 5.67. The monoisotopic (exact) mass is 384 g/mol. The lowest BCUT2D eigenvalue weighted by molar-refractivity contribution is 0.361. The lowest BCUT2D eigenvalue weighted by Gasteiger charge is -2.36. The molecule has 0 nitrogen and oxygen atoms in total. The summed E-state index contributed by atoms with van der Waals surface area (Å²) >= 11 is 0. The maximum atomic E-state index is 2.55. The van der Waals surface area contributed by atoms with Crippen LogP contribution in [0.15, 0.2) is 60.2 Å². The van der Waals surface area contributed by atoms with Crippen molar-refractivity contribution in [3.63, 3.8) is 0 Å². The molecule has 0 amide bonds. The third-order valence-corrected chi connectivity index (χ3v) is 7.62. The van der Waals surface area contributed by atoms with Crippen molar-refractivity contribution in [2.75, 3.05) is 0 Å². The van der Waals surface area contributed by atoms with Gasteiger partial charge in [-0.2, -0.15) is 0 Å². The van der Waals surface area contributed by atoms with Crippen LogP contribution in [0.25, 0.3) is 11.1 Å². The van der Waals surface area contributed by atoms with E-state index >= 15 is 0 Å². The van der Waals surface area contributed by atoms with Crippen LogP contribution in [0.4, 0.5) is 0 Å². The second-order valence-corrected chi connectivity index (χ2v) is 9.27. The molecule has 0 heterocycles. The molecule has 2 aromatic carbocycles. The van der Waals surface area contributed by atoms with Crippen molar-refractivity contribution >= 4 is 0 Å². The maximum absolute atomic E-state index is 2.55. The van der Waals surface area contributed by atoms with E-state index < -0.39 is 0 Å². The Labute approximate surface area is 177 Å². The number of hydrogen-bond acceptors (Lipinski definition) is 0. The van der Waals surface area contributed by atoms with Crippen LogP contribution in [0.3, 0.4) is 0 Å². The molecular weight excluding hydrogens is 348 g/mol. The largest absolute Gasteiger partial charge is 0.0882 e. The number of allylic oxidation sites excluding steroid dienone is 4. The van der Waals surface area contributed by atoms with E-state index in [0.29, 0.717) is 17.8 Å². The minimum Gasteiger partial charge on any atom is -0.0882 e. The Hall–Kier alpha value is -2.08. The molecule has 0 N–H and O–H groups in total. The van der Waals surface area contributed by atoms with Crippen LogP contribution in [0, 0.1) is 32.6 Å².